The molecule has 4 rings (SSSR count). The molecule has 0 N–H and O–H groups in total. The zero-order chi connectivity index (χ0) is 21.6. The van der Waals surface area contributed by atoms with Gasteiger partial charge in [0.2, 0.25) is 0 Å². The molecular weight excluding hydrogens is 384 g/mol. The highest BCUT2D eigenvalue weighted by atomic mass is 16.5. The number of hydrogen-bond donors (Lipinski definition) is 0. The molecule has 4 aromatic rings. The highest BCUT2D eigenvalue weighted by Crippen LogP contribution is 2.28. The third kappa shape index (κ3) is 4.91. The summed E-state index contributed by atoms with van der Waals surface area (Å²) in [4.78, 5) is 4.94. The first-order chi connectivity index (χ1) is 15.2. The number of aromatic nitrogens is 2. The standard InChI is InChI=1S/C27H30N2O2/c1-4-25(31-22-11-6-5-7-12-22)27-28-23-13-8-9-14-24(23)29(27)17-10-18-30-26-19-20(2)15-16-21(26)3/h5-9,11-16,19,25H,4,10,17-18H2,1-3H3. The fourth-order valence-electron chi connectivity index (χ4n) is 3.82. The molecule has 0 saturated carbocycles. The van der Waals surface area contributed by atoms with Gasteiger partial charge >= 0.3 is 0 Å². The van der Waals surface area contributed by atoms with E-state index in [1.807, 2.05) is 36.4 Å². The second-order valence-corrected chi connectivity index (χ2v) is 7.91. The summed E-state index contributed by atoms with van der Waals surface area (Å²) in [6.45, 7) is 7.81. The first kappa shape index (κ1) is 21.0. The number of para-hydroxylation sites is 3. The van der Waals surface area contributed by atoms with E-state index in [9.17, 15) is 0 Å². The molecule has 0 saturated heterocycles. The monoisotopic (exact) mass is 414 g/mol. The number of nitrogens with zero attached hydrogens (tertiary/aromatic N) is 2. The van der Waals surface area contributed by atoms with Crippen molar-refractivity contribution in [2.24, 2.45) is 0 Å². The Morgan fingerprint density at radius 2 is 1.71 bits per heavy atom. The van der Waals surface area contributed by atoms with E-state index in [0.717, 1.165) is 47.7 Å². The van der Waals surface area contributed by atoms with E-state index in [1.54, 1.807) is 0 Å². The lowest BCUT2D eigenvalue weighted by atomic mass is 10.1. The summed E-state index contributed by atoms with van der Waals surface area (Å²) in [7, 11) is 0. The van der Waals surface area contributed by atoms with Gasteiger partial charge in [-0.2, -0.15) is 0 Å². The first-order valence-electron chi connectivity index (χ1n) is 11.0. The summed E-state index contributed by atoms with van der Waals surface area (Å²) in [6.07, 6.45) is 1.63. The van der Waals surface area contributed by atoms with Gasteiger partial charge in [-0.1, -0.05) is 49.4 Å². The van der Waals surface area contributed by atoms with Crippen molar-refractivity contribution in [1.29, 1.82) is 0 Å². The predicted molar refractivity (Wildman–Crippen MR) is 126 cm³/mol. The van der Waals surface area contributed by atoms with Crippen LogP contribution in [0.15, 0.2) is 72.8 Å². The van der Waals surface area contributed by atoms with E-state index in [-0.39, 0.29) is 6.10 Å². The summed E-state index contributed by atoms with van der Waals surface area (Å²) < 4.78 is 14.7. The van der Waals surface area contributed by atoms with Crippen LogP contribution < -0.4 is 9.47 Å². The Labute approximate surface area is 184 Å². The van der Waals surface area contributed by atoms with Crippen LogP contribution in [-0.4, -0.2) is 16.2 Å². The number of fused-ring (bicyclic) bond motifs is 1. The minimum Gasteiger partial charge on any atom is -0.493 e. The van der Waals surface area contributed by atoms with E-state index in [0.29, 0.717) is 6.61 Å². The molecule has 0 radical (unpaired) electrons. The molecule has 0 fully saturated rings. The second kappa shape index (κ2) is 9.69. The van der Waals surface area contributed by atoms with Gasteiger partial charge in [0.15, 0.2) is 11.9 Å². The number of imidazole rings is 1. The molecule has 0 aliphatic carbocycles. The van der Waals surface area contributed by atoms with Crippen LogP contribution in [0.25, 0.3) is 11.0 Å². The Morgan fingerprint density at radius 3 is 2.52 bits per heavy atom. The van der Waals surface area contributed by atoms with Crippen LogP contribution >= 0.6 is 0 Å². The van der Waals surface area contributed by atoms with Crippen LogP contribution in [0.5, 0.6) is 11.5 Å². The van der Waals surface area contributed by atoms with Gasteiger partial charge in [-0.3, -0.25) is 0 Å². The zero-order valence-corrected chi connectivity index (χ0v) is 18.5. The van der Waals surface area contributed by atoms with Crippen LogP contribution in [-0.2, 0) is 6.54 Å². The maximum atomic E-state index is 6.31. The maximum absolute atomic E-state index is 6.31. The summed E-state index contributed by atoms with van der Waals surface area (Å²) in [5.74, 6) is 2.81. The second-order valence-electron chi connectivity index (χ2n) is 7.91. The van der Waals surface area contributed by atoms with Crippen molar-refractivity contribution in [3.63, 3.8) is 0 Å². The number of aryl methyl sites for hydroxylation is 3. The zero-order valence-electron chi connectivity index (χ0n) is 18.5. The Kier molecular flexibility index (Phi) is 6.56. The van der Waals surface area contributed by atoms with E-state index in [4.69, 9.17) is 14.5 Å². The van der Waals surface area contributed by atoms with Crippen LogP contribution in [0.3, 0.4) is 0 Å². The molecule has 31 heavy (non-hydrogen) atoms. The van der Waals surface area contributed by atoms with Crippen LogP contribution in [0.1, 0.15) is 42.8 Å². The van der Waals surface area contributed by atoms with Crippen molar-refractivity contribution in [3.8, 4) is 11.5 Å². The molecule has 3 aromatic carbocycles. The fourth-order valence-corrected chi connectivity index (χ4v) is 3.82. The van der Waals surface area contributed by atoms with Crippen molar-refractivity contribution < 1.29 is 9.47 Å². The number of hydrogen-bond acceptors (Lipinski definition) is 3. The van der Waals surface area contributed by atoms with Gasteiger partial charge in [-0.15, -0.1) is 0 Å². The van der Waals surface area contributed by atoms with Gasteiger partial charge in [0, 0.05) is 6.54 Å². The average Bonchev–Trinajstić information content (AvgIpc) is 3.16. The normalized spacial score (nSPS) is 12.1. The van der Waals surface area contributed by atoms with Crippen LogP contribution in [0.4, 0.5) is 0 Å². The minimum absolute atomic E-state index is 0.102. The molecule has 0 aliphatic rings. The van der Waals surface area contributed by atoms with Crippen molar-refractivity contribution in [2.75, 3.05) is 6.61 Å². The summed E-state index contributed by atoms with van der Waals surface area (Å²) in [6, 6.07) is 24.6. The molecule has 0 amide bonds. The number of rotatable bonds is 9. The Hall–Kier alpha value is -3.27. The van der Waals surface area contributed by atoms with Gasteiger partial charge in [0.05, 0.1) is 17.6 Å². The van der Waals surface area contributed by atoms with E-state index in [1.165, 1.54) is 11.1 Å². The summed E-state index contributed by atoms with van der Waals surface area (Å²) >= 11 is 0. The van der Waals surface area contributed by atoms with Crippen molar-refractivity contribution in [1.82, 2.24) is 9.55 Å². The lowest BCUT2D eigenvalue weighted by molar-refractivity contribution is 0.185. The average molecular weight is 415 g/mol. The van der Waals surface area contributed by atoms with Crippen molar-refractivity contribution in [2.45, 2.75) is 46.3 Å². The molecule has 1 aromatic heterocycles. The molecule has 4 heteroatoms. The lowest BCUT2D eigenvalue weighted by Gasteiger charge is -2.19. The molecule has 1 unspecified atom stereocenters. The molecule has 0 spiro atoms. The maximum Gasteiger partial charge on any atom is 0.156 e. The third-order valence-corrected chi connectivity index (χ3v) is 5.49. The SMILES string of the molecule is CCC(Oc1ccccc1)c1nc2ccccc2n1CCCOc1cc(C)ccc1C. The van der Waals surface area contributed by atoms with E-state index in [2.05, 4.69) is 61.7 Å². The van der Waals surface area contributed by atoms with Gasteiger partial charge < -0.3 is 14.0 Å². The van der Waals surface area contributed by atoms with Gasteiger partial charge in [-0.05, 0) is 68.1 Å². The molecule has 0 aliphatic heterocycles. The van der Waals surface area contributed by atoms with Gasteiger partial charge in [-0.25, -0.2) is 4.98 Å². The Balaban J connectivity index is 1.52. The smallest absolute Gasteiger partial charge is 0.156 e. The molecule has 0 bridgehead atoms. The quantitative estimate of drug-likeness (QED) is 0.288. The highest BCUT2D eigenvalue weighted by Gasteiger charge is 2.20. The fraction of sp³-hybridized carbons (Fsp3) is 0.296. The molecule has 1 heterocycles. The Morgan fingerprint density at radius 1 is 0.935 bits per heavy atom. The largest absolute Gasteiger partial charge is 0.493 e. The van der Waals surface area contributed by atoms with Crippen molar-refractivity contribution >= 4 is 11.0 Å². The highest BCUT2D eigenvalue weighted by molar-refractivity contribution is 5.76. The first-order valence-corrected chi connectivity index (χ1v) is 11.0. The minimum atomic E-state index is -0.102. The van der Waals surface area contributed by atoms with Crippen LogP contribution in [0.2, 0.25) is 0 Å². The number of benzene rings is 3. The topological polar surface area (TPSA) is 36.3 Å². The summed E-state index contributed by atoms with van der Waals surface area (Å²) in [5.41, 5.74) is 4.52. The van der Waals surface area contributed by atoms with E-state index < -0.39 is 0 Å². The summed E-state index contributed by atoms with van der Waals surface area (Å²) in [5, 5.41) is 0. The molecular formula is C27H30N2O2. The Bertz CT molecular complexity index is 1130. The van der Waals surface area contributed by atoms with Crippen LogP contribution in [0, 0.1) is 13.8 Å². The van der Waals surface area contributed by atoms with E-state index >= 15 is 0 Å². The predicted octanol–water partition coefficient (Wildman–Crippen LogP) is 6.65. The lowest BCUT2D eigenvalue weighted by Crippen LogP contribution is -2.15. The van der Waals surface area contributed by atoms with Gasteiger partial charge in [0.25, 0.3) is 0 Å². The molecule has 1 atom stereocenters. The molecule has 4 nitrogen and oxygen atoms in total. The third-order valence-electron chi connectivity index (χ3n) is 5.49. The molecule has 160 valence electrons. The van der Waals surface area contributed by atoms with Crippen molar-refractivity contribution in [3.05, 3.63) is 89.7 Å². The number of ether oxygens (including phenoxy) is 2. The van der Waals surface area contributed by atoms with Gasteiger partial charge in [0.1, 0.15) is 11.5 Å².